The molecule has 0 fully saturated rings. The van der Waals surface area contributed by atoms with Crippen molar-refractivity contribution in [3.8, 4) is 22.9 Å². The van der Waals surface area contributed by atoms with Crippen LogP contribution in [0.2, 0.25) is 5.02 Å². The number of ketones is 1. The zero-order valence-electron chi connectivity index (χ0n) is 18.0. The van der Waals surface area contributed by atoms with Gasteiger partial charge in [-0.15, -0.1) is 10.2 Å². The number of hydrogen-bond donors (Lipinski definition) is 1. The van der Waals surface area contributed by atoms with E-state index in [4.69, 9.17) is 25.8 Å². The highest BCUT2D eigenvalue weighted by molar-refractivity contribution is 7.99. The maximum atomic E-state index is 12.7. The van der Waals surface area contributed by atoms with Crippen LogP contribution in [0.3, 0.4) is 0 Å². The third-order valence-corrected chi connectivity index (χ3v) is 6.06. The minimum atomic E-state index is -0.296. The molecule has 2 aromatic carbocycles. The Hall–Kier alpha value is -3.08. The van der Waals surface area contributed by atoms with Gasteiger partial charge in [0.15, 0.2) is 28.3 Å². The number of ether oxygens (including phenoxy) is 3. The van der Waals surface area contributed by atoms with E-state index in [1.54, 1.807) is 31.4 Å². The zero-order valence-corrected chi connectivity index (χ0v) is 19.5. The average molecular weight is 489 g/mol. The molecule has 1 aliphatic rings. The van der Waals surface area contributed by atoms with Gasteiger partial charge in [-0.25, -0.2) is 0 Å². The van der Waals surface area contributed by atoms with E-state index in [1.807, 2.05) is 16.7 Å². The summed E-state index contributed by atoms with van der Waals surface area (Å²) in [6, 6.07) is 10.5. The van der Waals surface area contributed by atoms with Gasteiger partial charge in [0.25, 0.3) is 0 Å². The highest BCUT2D eigenvalue weighted by atomic mass is 35.5. The first-order chi connectivity index (χ1) is 16.0. The van der Waals surface area contributed by atoms with Crippen molar-refractivity contribution in [2.75, 3.05) is 31.6 Å². The average Bonchev–Trinajstić information content (AvgIpc) is 3.42. The number of anilines is 1. The SMILES string of the molecule is COCCn1c(SCC(=O)Nc2cc3c(cc2C(C)=O)OCO3)nnc1-c1ccc(Cl)cc1. The molecule has 172 valence electrons. The van der Waals surface area contributed by atoms with Crippen molar-refractivity contribution in [1.29, 1.82) is 0 Å². The summed E-state index contributed by atoms with van der Waals surface area (Å²) in [6.45, 7) is 2.48. The molecule has 11 heteroatoms. The Morgan fingerprint density at radius 2 is 1.91 bits per heavy atom. The van der Waals surface area contributed by atoms with E-state index < -0.39 is 0 Å². The minimum Gasteiger partial charge on any atom is -0.454 e. The number of fused-ring (bicyclic) bond motifs is 1. The van der Waals surface area contributed by atoms with Crippen molar-refractivity contribution >= 4 is 40.7 Å². The maximum Gasteiger partial charge on any atom is 0.234 e. The maximum absolute atomic E-state index is 12.7. The van der Waals surface area contributed by atoms with Gasteiger partial charge >= 0.3 is 0 Å². The van der Waals surface area contributed by atoms with Crippen LogP contribution in [0.1, 0.15) is 17.3 Å². The van der Waals surface area contributed by atoms with E-state index in [0.29, 0.717) is 51.9 Å². The monoisotopic (exact) mass is 488 g/mol. The van der Waals surface area contributed by atoms with Gasteiger partial charge in [0.1, 0.15) is 0 Å². The molecule has 1 N–H and O–H groups in total. The summed E-state index contributed by atoms with van der Waals surface area (Å²) < 4.78 is 17.8. The van der Waals surface area contributed by atoms with Crippen molar-refractivity contribution in [2.24, 2.45) is 0 Å². The Labute approximate surface area is 199 Å². The summed E-state index contributed by atoms with van der Waals surface area (Å²) in [7, 11) is 1.62. The van der Waals surface area contributed by atoms with Crippen LogP contribution >= 0.6 is 23.4 Å². The Balaban J connectivity index is 1.49. The quantitative estimate of drug-likeness (QED) is 0.357. The summed E-state index contributed by atoms with van der Waals surface area (Å²) in [5.74, 6) is 1.20. The molecule has 0 spiro atoms. The van der Waals surface area contributed by atoms with E-state index in [-0.39, 0.29) is 24.2 Å². The number of nitrogens with zero attached hydrogens (tertiary/aromatic N) is 3. The van der Waals surface area contributed by atoms with Gasteiger partial charge in [-0.05, 0) is 37.3 Å². The number of hydrogen-bond acceptors (Lipinski definition) is 8. The topological polar surface area (TPSA) is 105 Å². The number of nitrogens with one attached hydrogen (secondary N) is 1. The van der Waals surface area contributed by atoms with Crippen LogP contribution in [0, 0.1) is 0 Å². The molecule has 0 unspecified atom stereocenters. The van der Waals surface area contributed by atoms with E-state index in [1.165, 1.54) is 18.7 Å². The molecule has 0 atom stereocenters. The number of carbonyl (C=O) groups is 2. The number of benzene rings is 2. The van der Waals surface area contributed by atoms with Crippen molar-refractivity contribution in [1.82, 2.24) is 14.8 Å². The standard InChI is InChI=1S/C22H21ClN4O5S/c1-13(28)16-9-18-19(32-12-31-18)10-17(16)24-20(29)11-33-22-26-25-21(27(22)7-8-30-2)14-3-5-15(23)6-4-14/h3-6,9-10H,7-8,11-12H2,1-2H3,(H,24,29). The van der Waals surface area contributed by atoms with Crippen LogP contribution in [-0.4, -0.2) is 52.7 Å². The lowest BCUT2D eigenvalue weighted by atomic mass is 10.1. The van der Waals surface area contributed by atoms with Gasteiger partial charge in [0.05, 0.1) is 24.6 Å². The van der Waals surface area contributed by atoms with Crippen LogP contribution in [0.25, 0.3) is 11.4 Å². The molecule has 2 heterocycles. The summed E-state index contributed by atoms with van der Waals surface area (Å²) in [4.78, 5) is 24.7. The van der Waals surface area contributed by atoms with E-state index in [0.717, 1.165) is 5.56 Å². The molecule has 4 rings (SSSR count). The zero-order chi connectivity index (χ0) is 23.4. The fraction of sp³-hybridized carbons (Fsp3) is 0.273. The largest absolute Gasteiger partial charge is 0.454 e. The third-order valence-electron chi connectivity index (χ3n) is 4.84. The minimum absolute atomic E-state index is 0.0670. The first kappa shape index (κ1) is 23.1. The number of amides is 1. The molecule has 1 aromatic heterocycles. The Kier molecular flexibility index (Phi) is 7.17. The molecule has 0 radical (unpaired) electrons. The van der Waals surface area contributed by atoms with Crippen LogP contribution in [0.4, 0.5) is 5.69 Å². The third kappa shape index (κ3) is 5.29. The molecule has 0 saturated heterocycles. The smallest absolute Gasteiger partial charge is 0.234 e. The molecule has 1 amide bonds. The molecule has 1 aliphatic heterocycles. The van der Waals surface area contributed by atoms with Crippen LogP contribution in [0.15, 0.2) is 41.6 Å². The van der Waals surface area contributed by atoms with Crippen LogP contribution in [0.5, 0.6) is 11.5 Å². The lowest BCUT2D eigenvalue weighted by molar-refractivity contribution is -0.113. The van der Waals surface area contributed by atoms with E-state index in [9.17, 15) is 9.59 Å². The predicted octanol–water partition coefficient (Wildman–Crippen LogP) is 3.91. The van der Waals surface area contributed by atoms with Gasteiger partial charge in [0.2, 0.25) is 12.7 Å². The second-order valence-corrected chi connectivity index (χ2v) is 8.48. The second kappa shape index (κ2) is 10.2. The lowest BCUT2D eigenvalue weighted by Crippen LogP contribution is -2.17. The molecular formula is C22H21ClN4O5S. The van der Waals surface area contributed by atoms with E-state index in [2.05, 4.69) is 15.5 Å². The van der Waals surface area contributed by atoms with Gasteiger partial charge in [-0.2, -0.15) is 0 Å². The molecule has 9 nitrogen and oxygen atoms in total. The first-order valence-corrected chi connectivity index (χ1v) is 11.4. The Morgan fingerprint density at radius 1 is 1.18 bits per heavy atom. The van der Waals surface area contributed by atoms with Crippen LogP contribution < -0.4 is 14.8 Å². The highest BCUT2D eigenvalue weighted by Gasteiger charge is 2.21. The summed E-state index contributed by atoms with van der Waals surface area (Å²) in [5, 5.41) is 12.5. The normalized spacial score (nSPS) is 12.1. The van der Waals surface area contributed by atoms with Crippen molar-refractivity contribution in [2.45, 2.75) is 18.6 Å². The second-order valence-electron chi connectivity index (χ2n) is 7.10. The van der Waals surface area contributed by atoms with Crippen LogP contribution in [-0.2, 0) is 16.1 Å². The number of halogens is 1. The molecule has 33 heavy (non-hydrogen) atoms. The van der Waals surface area contributed by atoms with Crippen molar-refractivity contribution < 1.29 is 23.8 Å². The van der Waals surface area contributed by atoms with E-state index >= 15 is 0 Å². The van der Waals surface area contributed by atoms with Crippen molar-refractivity contribution in [3.63, 3.8) is 0 Å². The Bertz CT molecular complexity index is 1180. The number of aromatic nitrogens is 3. The van der Waals surface area contributed by atoms with Gasteiger partial charge in [0, 0.05) is 29.3 Å². The molecular weight excluding hydrogens is 468 g/mol. The first-order valence-electron chi connectivity index (χ1n) is 10.0. The Morgan fingerprint density at radius 3 is 2.61 bits per heavy atom. The lowest BCUT2D eigenvalue weighted by Gasteiger charge is -2.11. The van der Waals surface area contributed by atoms with Gasteiger partial charge < -0.3 is 19.5 Å². The number of thioether (sulfide) groups is 1. The predicted molar refractivity (Wildman–Crippen MR) is 124 cm³/mol. The van der Waals surface area contributed by atoms with Gasteiger partial charge in [-0.3, -0.25) is 14.2 Å². The fourth-order valence-corrected chi connectivity index (χ4v) is 4.14. The summed E-state index contributed by atoms with van der Waals surface area (Å²) in [6.07, 6.45) is 0. The number of methoxy groups -OCH3 is 1. The molecule has 3 aromatic rings. The van der Waals surface area contributed by atoms with Gasteiger partial charge in [-0.1, -0.05) is 23.4 Å². The fourth-order valence-electron chi connectivity index (χ4n) is 3.25. The molecule has 0 bridgehead atoms. The van der Waals surface area contributed by atoms with Crippen molar-refractivity contribution in [3.05, 3.63) is 47.0 Å². The number of Topliss-reactive ketones (excluding diaryl/α,β-unsaturated/α-hetero) is 1. The number of carbonyl (C=O) groups excluding carboxylic acids is 2. The molecule has 0 aliphatic carbocycles. The number of rotatable bonds is 9. The highest BCUT2D eigenvalue weighted by Crippen LogP contribution is 2.37. The summed E-state index contributed by atoms with van der Waals surface area (Å²) in [5.41, 5.74) is 1.58. The molecule has 0 saturated carbocycles. The summed E-state index contributed by atoms with van der Waals surface area (Å²) >= 11 is 7.23.